The minimum Gasteiger partial charge on any atom is -0.352 e. The number of ketones is 1. The Morgan fingerprint density at radius 1 is 1.12 bits per heavy atom. The average Bonchev–Trinajstić information content (AvgIpc) is 3.01. The van der Waals surface area contributed by atoms with Crippen LogP contribution in [0.4, 0.5) is 5.69 Å². The number of aryl methyl sites for hydroxylation is 1. The Balaban J connectivity index is 1.96. The molecule has 1 aromatic heterocycles. The van der Waals surface area contributed by atoms with Crippen molar-refractivity contribution in [3.63, 3.8) is 0 Å². The summed E-state index contributed by atoms with van der Waals surface area (Å²) in [6.07, 6.45) is 0.177. The molecule has 0 atom stereocenters. The maximum atomic E-state index is 12.1. The third-order valence-electron chi connectivity index (χ3n) is 3.54. The SMILES string of the molecule is CCNC(=O)c1ccc(C)c(NC(=O)CCC(=O)c2ccc(Cl)s2)c1. The molecule has 0 aliphatic rings. The minimum atomic E-state index is -0.271. The van der Waals surface area contributed by atoms with Crippen LogP contribution < -0.4 is 10.6 Å². The molecule has 1 aromatic carbocycles. The van der Waals surface area contributed by atoms with Crippen LogP contribution in [0.25, 0.3) is 0 Å². The van der Waals surface area contributed by atoms with Crippen molar-refractivity contribution in [2.75, 3.05) is 11.9 Å². The average molecular weight is 379 g/mol. The highest BCUT2D eigenvalue weighted by molar-refractivity contribution is 7.18. The number of carbonyl (C=O) groups is 3. The van der Waals surface area contributed by atoms with Crippen molar-refractivity contribution in [2.45, 2.75) is 26.7 Å². The van der Waals surface area contributed by atoms with Gasteiger partial charge in [-0.05, 0) is 43.7 Å². The van der Waals surface area contributed by atoms with Gasteiger partial charge in [0.15, 0.2) is 5.78 Å². The topological polar surface area (TPSA) is 75.3 Å². The number of benzene rings is 1. The van der Waals surface area contributed by atoms with Gasteiger partial charge in [0.25, 0.3) is 5.91 Å². The maximum absolute atomic E-state index is 12.1. The summed E-state index contributed by atoms with van der Waals surface area (Å²) in [7, 11) is 0. The number of amides is 2. The predicted molar refractivity (Wildman–Crippen MR) is 101 cm³/mol. The van der Waals surface area contributed by atoms with Gasteiger partial charge in [-0.25, -0.2) is 0 Å². The molecule has 0 radical (unpaired) electrons. The van der Waals surface area contributed by atoms with Gasteiger partial charge < -0.3 is 10.6 Å². The van der Waals surface area contributed by atoms with Crippen LogP contribution in [0.1, 0.15) is 45.4 Å². The number of nitrogens with one attached hydrogen (secondary N) is 2. The van der Waals surface area contributed by atoms with Crippen molar-refractivity contribution in [2.24, 2.45) is 0 Å². The first-order chi connectivity index (χ1) is 11.9. The van der Waals surface area contributed by atoms with Crippen molar-refractivity contribution < 1.29 is 14.4 Å². The second kappa shape index (κ2) is 8.78. The van der Waals surface area contributed by atoms with E-state index in [1.165, 1.54) is 11.3 Å². The number of hydrogen-bond donors (Lipinski definition) is 2. The summed E-state index contributed by atoms with van der Waals surface area (Å²) in [5.74, 6) is -0.574. The van der Waals surface area contributed by atoms with Gasteiger partial charge in [0.1, 0.15) is 0 Å². The predicted octanol–water partition coefficient (Wildman–Crippen LogP) is 4.06. The second-order valence-corrected chi connectivity index (χ2v) is 7.18. The molecule has 2 aromatic rings. The molecule has 5 nitrogen and oxygen atoms in total. The van der Waals surface area contributed by atoms with Gasteiger partial charge in [0.05, 0.1) is 9.21 Å². The molecule has 0 fully saturated rings. The van der Waals surface area contributed by atoms with Gasteiger partial charge in [-0.2, -0.15) is 0 Å². The molecular weight excluding hydrogens is 360 g/mol. The molecule has 132 valence electrons. The van der Waals surface area contributed by atoms with Crippen molar-refractivity contribution in [1.29, 1.82) is 0 Å². The van der Waals surface area contributed by atoms with E-state index in [2.05, 4.69) is 10.6 Å². The van der Waals surface area contributed by atoms with E-state index >= 15 is 0 Å². The smallest absolute Gasteiger partial charge is 0.251 e. The quantitative estimate of drug-likeness (QED) is 0.713. The van der Waals surface area contributed by atoms with Crippen molar-refractivity contribution in [3.05, 3.63) is 50.7 Å². The van der Waals surface area contributed by atoms with E-state index in [-0.39, 0.29) is 30.4 Å². The molecule has 0 aliphatic heterocycles. The van der Waals surface area contributed by atoms with Crippen LogP contribution in [0, 0.1) is 6.92 Å². The van der Waals surface area contributed by atoms with Gasteiger partial charge in [-0.15, -0.1) is 11.3 Å². The number of thiophene rings is 1. The third-order valence-corrected chi connectivity index (χ3v) is 4.81. The van der Waals surface area contributed by atoms with Gasteiger partial charge in [0, 0.05) is 30.6 Å². The van der Waals surface area contributed by atoms with Crippen molar-refractivity contribution in [1.82, 2.24) is 5.32 Å². The van der Waals surface area contributed by atoms with Crippen LogP contribution in [0.2, 0.25) is 4.34 Å². The lowest BCUT2D eigenvalue weighted by molar-refractivity contribution is -0.116. The Morgan fingerprint density at radius 2 is 1.88 bits per heavy atom. The molecule has 0 bridgehead atoms. The molecule has 0 saturated heterocycles. The monoisotopic (exact) mass is 378 g/mol. The largest absolute Gasteiger partial charge is 0.352 e. The first-order valence-electron chi connectivity index (χ1n) is 7.88. The summed E-state index contributed by atoms with van der Waals surface area (Å²) in [6, 6.07) is 8.45. The fourth-order valence-corrected chi connectivity index (χ4v) is 3.20. The molecular formula is C18H19ClN2O3S. The third kappa shape index (κ3) is 5.41. The molecule has 2 rings (SSSR count). The van der Waals surface area contributed by atoms with Crippen molar-refractivity contribution >= 4 is 46.2 Å². The van der Waals surface area contributed by atoms with Crippen LogP contribution in [0.5, 0.6) is 0 Å². The number of halogens is 1. The van der Waals surface area contributed by atoms with E-state index in [1.54, 1.807) is 30.3 Å². The lowest BCUT2D eigenvalue weighted by Gasteiger charge is -2.10. The first kappa shape index (κ1) is 19.1. The van der Waals surface area contributed by atoms with Crippen molar-refractivity contribution in [3.8, 4) is 0 Å². The lowest BCUT2D eigenvalue weighted by atomic mass is 10.1. The summed E-state index contributed by atoms with van der Waals surface area (Å²) in [6.45, 7) is 4.21. The van der Waals surface area contributed by atoms with Crippen LogP contribution in [-0.4, -0.2) is 24.1 Å². The Bertz CT molecular complexity index is 801. The summed E-state index contributed by atoms with van der Waals surface area (Å²) in [5, 5.41) is 5.48. The Labute approximate surface area is 155 Å². The first-order valence-corrected chi connectivity index (χ1v) is 9.07. The summed E-state index contributed by atoms with van der Waals surface area (Å²) in [4.78, 5) is 36.6. The van der Waals surface area contributed by atoms with E-state index in [0.29, 0.717) is 27.0 Å². The maximum Gasteiger partial charge on any atom is 0.251 e. The van der Waals surface area contributed by atoms with E-state index in [0.717, 1.165) is 5.56 Å². The molecule has 0 unspecified atom stereocenters. The van der Waals surface area contributed by atoms with Crippen LogP contribution in [0.3, 0.4) is 0 Å². The van der Waals surface area contributed by atoms with E-state index in [9.17, 15) is 14.4 Å². The van der Waals surface area contributed by atoms with Gasteiger partial charge >= 0.3 is 0 Å². The van der Waals surface area contributed by atoms with Crippen LogP contribution in [0.15, 0.2) is 30.3 Å². The Kier molecular flexibility index (Phi) is 6.73. The standard InChI is InChI=1S/C18H19ClN2O3S/c1-3-20-18(24)12-5-4-11(2)13(10-12)21-17(23)9-6-14(22)15-7-8-16(19)25-15/h4-5,7-8,10H,3,6,9H2,1-2H3,(H,20,24)(H,21,23). The molecule has 1 heterocycles. The second-order valence-electron chi connectivity index (χ2n) is 5.46. The minimum absolute atomic E-state index is 0.0686. The number of Topliss-reactive ketones (excluding diaryl/α,β-unsaturated/α-hetero) is 1. The van der Waals surface area contributed by atoms with Gasteiger partial charge in [-0.1, -0.05) is 17.7 Å². The number of rotatable bonds is 7. The van der Waals surface area contributed by atoms with E-state index in [4.69, 9.17) is 11.6 Å². The van der Waals surface area contributed by atoms with Crippen LogP contribution >= 0.6 is 22.9 Å². The zero-order valence-corrected chi connectivity index (χ0v) is 15.6. The van der Waals surface area contributed by atoms with E-state index in [1.807, 2.05) is 13.8 Å². The highest BCUT2D eigenvalue weighted by Gasteiger charge is 2.13. The van der Waals surface area contributed by atoms with Gasteiger partial charge in [0.2, 0.25) is 5.91 Å². The zero-order chi connectivity index (χ0) is 18.4. The molecule has 0 aliphatic carbocycles. The van der Waals surface area contributed by atoms with Crippen LogP contribution in [-0.2, 0) is 4.79 Å². The number of anilines is 1. The lowest BCUT2D eigenvalue weighted by Crippen LogP contribution is -2.23. The summed E-state index contributed by atoms with van der Waals surface area (Å²) >= 11 is 7.01. The highest BCUT2D eigenvalue weighted by atomic mass is 35.5. The molecule has 2 amide bonds. The van der Waals surface area contributed by atoms with Gasteiger partial charge in [-0.3, -0.25) is 14.4 Å². The molecule has 2 N–H and O–H groups in total. The Hall–Kier alpha value is -2.18. The molecule has 25 heavy (non-hydrogen) atoms. The molecule has 0 saturated carbocycles. The molecule has 7 heteroatoms. The zero-order valence-electron chi connectivity index (χ0n) is 14.0. The number of carbonyl (C=O) groups excluding carboxylic acids is 3. The molecule has 0 spiro atoms. The fraction of sp³-hybridized carbons (Fsp3) is 0.278. The Morgan fingerprint density at radius 3 is 2.52 bits per heavy atom. The fourth-order valence-electron chi connectivity index (χ4n) is 2.19. The summed E-state index contributed by atoms with van der Waals surface area (Å²) < 4.78 is 0.547. The summed E-state index contributed by atoms with van der Waals surface area (Å²) in [5.41, 5.74) is 1.89. The van der Waals surface area contributed by atoms with E-state index < -0.39 is 0 Å². The normalized spacial score (nSPS) is 10.4. The highest BCUT2D eigenvalue weighted by Crippen LogP contribution is 2.23. The number of hydrogen-bond acceptors (Lipinski definition) is 4.